The molecular formula is C11H24N2O. The van der Waals surface area contributed by atoms with E-state index >= 15 is 0 Å². The Morgan fingerprint density at radius 2 is 2.14 bits per heavy atom. The Kier molecular flexibility index (Phi) is 4.35. The second-order valence-corrected chi connectivity index (χ2v) is 5.11. The molecule has 0 spiro atoms. The van der Waals surface area contributed by atoms with Crippen LogP contribution in [0.5, 0.6) is 0 Å². The van der Waals surface area contributed by atoms with E-state index in [0.717, 1.165) is 25.9 Å². The number of piperidine rings is 1. The molecule has 3 N–H and O–H groups in total. The standard InChI is InChI=1S/C11H24N2O/c1-11(2,12)6-8-13-7-4-3-5-10(13)9-14/h10,14H,3-9,12H2,1-2H3. The first kappa shape index (κ1) is 12.0. The molecule has 1 rings (SSSR count). The normalized spacial score (nSPS) is 25.3. The summed E-state index contributed by atoms with van der Waals surface area (Å²) in [6.45, 7) is 6.57. The van der Waals surface area contributed by atoms with E-state index in [-0.39, 0.29) is 5.54 Å². The van der Waals surface area contributed by atoms with Crippen LogP contribution in [0.15, 0.2) is 0 Å². The lowest BCUT2D eigenvalue weighted by molar-refractivity contribution is 0.0845. The Labute approximate surface area is 87.3 Å². The Balaban J connectivity index is 2.33. The zero-order valence-corrected chi connectivity index (χ0v) is 9.50. The highest BCUT2D eigenvalue weighted by Gasteiger charge is 2.22. The van der Waals surface area contributed by atoms with Crippen LogP contribution in [0.4, 0.5) is 0 Å². The second kappa shape index (κ2) is 5.10. The van der Waals surface area contributed by atoms with Gasteiger partial charge < -0.3 is 10.8 Å². The smallest absolute Gasteiger partial charge is 0.0586 e. The summed E-state index contributed by atoms with van der Waals surface area (Å²) in [4.78, 5) is 2.39. The number of likely N-dealkylation sites (tertiary alicyclic amines) is 1. The van der Waals surface area contributed by atoms with Gasteiger partial charge in [-0.3, -0.25) is 4.90 Å². The first-order valence-corrected chi connectivity index (χ1v) is 5.67. The summed E-state index contributed by atoms with van der Waals surface area (Å²) in [5, 5.41) is 9.22. The molecule has 1 fully saturated rings. The average molecular weight is 200 g/mol. The van der Waals surface area contributed by atoms with Crippen molar-refractivity contribution in [2.24, 2.45) is 5.73 Å². The summed E-state index contributed by atoms with van der Waals surface area (Å²) in [7, 11) is 0. The van der Waals surface area contributed by atoms with Crippen LogP contribution in [0.2, 0.25) is 0 Å². The summed E-state index contributed by atoms with van der Waals surface area (Å²) in [5.74, 6) is 0. The molecule has 0 radical (unpaired) electrons. The molecule has 3 heteroatoms. The van der Waals surface area contributed by atoms with Crippen LogP contribution in [0.3, 0.4) is 0 Å². The first-order chi connectivity index (χ1) is 6.53. The van der Waals surface area contributed by atoms with E-state index in [9.17, 15) is 5.11 Å². The lowest BCUT2D eigenvalue weighted by atomic mass is 9.98. The number of rotatable bonds is 4. The van der Waals surface area contributed by atoms with Crippen LogP contribution >= 0.6 is 0 Å². The zero-order chi connectivity index (χ0) is 10.6. The number of aliphatic hydroxyl groups is 1. The van der Waals surface area contributed by atoms with Gasteiger partial charge in [-0.2, -0.15) is 0 Å². The topological polar surface area (TPSA) is 49.5 Å². The number of aliphatic hydroxyl groups excluding tert-OH is 1. The van der Waals surface area contributed by atoms with Crippen molar-refractivity contribution in [1.29, 1.82) is 0 Å². The van der Waals surface area contributed by atoms with Crippen LogP contribution in [0.1, 0.15) is 39.5 Å². The van der Waals surface area contributed by atoms with Crippen molar-refractivity contribution >= 4 is 0 Å². The molecule has 0 aromatic heterocycles. The third kappa shape index (κ3) is 3.95. The lowest BCUT2D eigenvalue weighted by Gasteiger charge is -2.36. The zero-order valence-electron chi connectivity index (χ0n) is 9.50. The van der Waals surface area contributed by atoms with Gasteiger partial charge in [-0.1, -0.05) is 6.42 Å². The van der Waals surface area contributed by atoms with E-state index in [0.29, 0.717) is 12.6 Å². The minimum absolute atomic E-state index is 0.0859. The van der Waals surface area contributed by atoms with E-state index in [2.05, 4.69) is 18.7 Å². The monoisotopic (exact) mass is 200 g/mol. The molecular weight excluding hydrogens is 176 g/mol. The highest BCUT2D eigenvalue weighted by atomic mass is 16.3. The molecule has 1 saturated heterocycles. The van der Waals surface area contributed by atoms with Crippen molar-refractivity contribution in [3.8, 4) is 0 Å². The minimum atomic E-state index is -0.0859. The molecule has 1 unspecified atom stereocenters. The van der Waals surface area contributed by atoms with Gasteiger partial charge >= 0.3 is 0 Å². The molecule has 0 amide bonds. The van der Waals surface area contributed by atoms with Crippen LogP contribution in [0, 0.1) is 0 Å². The van der Waals surface area contributed by atoms with Crippen molar-refractivity contribution in [1.82, 2.24) is 4.90 Å². The molecule has 14 heavy (non-hydrogen) atoms. The molecule has 1 heterocycles. The van der Waals surface area contributed by atoms with Crippen molar-refractivity contribution in [2.45, 2.75) is 51.1 Å². The third-order valence-electron chi connectivity index (χ3n) is 3.00. The van der Waals surface area contributed by atoms with Crippen LogP contribution < -0.4 is 5.73 Å². The Hall–Kier alpha value is -0.120. The molecule has 0 aromatic rings. The van der Waals surface area contributed by atoms with Crippen molar-refractivity contribution in [3.63, 3.8) is 0 Å². The Bertz CT molecular complexity index is 165. The largest absolute Gasteiger partial charge is 0.395 e. The number of hydrogen-bond acceptors (Lipinski definition) is 3. The van der Waals surface area contributed by atoms with Gasteiger partial charge in [0.15, 0.2) is 0 Å². The van der Waals surface area contributed by atoms with Gasteiger partial charge in [0.05, 0.1) is 6.61 Å². The summed E-state index contributed by atoms with van der Waals surface area (Å²) < 4.78 is 0. The number of nitrogens with zero attached hydrogens (tertiary/aromatic N) is 1. The van der Waals surface area contributed by atoms with Crippen LogP contribution in [0.25, 0.3) is 0 Å². The summed E-state index contributed by atoms with van der Waals surface area (Å²) in [6.07, 6.45) is 4.67. The van der Waals surface area contributed by atoms with E-state index in [1.54, 1.807) is 0 Å². The number of nitrogens with two attached hydrogens (primary N) is 1. The Morgan fingerprint density at radius 3 is 2.71 bits per heavy atom. The summed E-state index contributed by atoms with van der Waals surface area (Å²) in [5.41, 5.74) is 5.86. The average Bonchev–Trinajstić information content (AvgIpc) is 2.14. The minimum Gasteiger partial charge on any atom is -0.395 e. The predicted octanol–water partition coefficient (Wildman–Crippen LogP) is 0.961. The summed E-state index contributed by atoms with van der Waals surface area (Å²) in [6, 6.07) is 0.381. The maximum atomic E-state index is 9.22. The second-order valence-electron chi connectivity index (χ2n) is 5.11. The highest BCUT2D eigenvalue weighted by Crippen LogP contribution is 2.18. The molecule has 0 aliphatic carbocycles. The molecule has 0 saturated carbocycles. The lowest BCUT2D eigenvalue weighted by Crippen LogP contribution is -2.45. The molecule has 0 aromatic carbocycles. The molecule has 1 aliphatic rings. The predicted molar refractivity (Wildman–Crippen MR) is 59.2 cm³/mol. The third-order valence-corrected chi connectivity index (χ3v) is 3.00. The molecule has 1 atom stereocenters. The molecule has 84 valence electrons. The maximum absolute atomic E-state index is 9.22. The van der Waals surface area contributed by atoms with Crippen LogP contribution in [-0.4, -0.2) is 41.3 Å². The van der Waals surface area contributed by atoms with Crippen LogP contribution in [-0.2, 0) is 0 Å². The van der Waals surface area contributed by atoms with Gasteiger partial charge in [0.25, 0.3) is 0 Å². The SMILES string of the molecule is CC(C)(N)CCN1CCCCC1CO. The van der Waals surface area contributed by atoms with Gasteiger partial charge in [-0.05, 0) is 39.7 Å². The number of hydrogen-bond donors (Lipinski definition) is 2. The summed E-state index contributed by atoms with van der Waals surface area (Å²) >= 11 is 0. The van der Waals surface area contributed by atoms with Crippen molar-refractivity contribution < 1.29 is 5.11 Å². The fourth-order valence-corrected chi connectivity index (χ4v) is 1.99. The van der Waals surface area contributed by atoms with Gasteiger partial charge in [0, 0.05) is 18.1 Å². The molecule has 1 aliphatic heterocycles. The van der Waals surface area contributed by atoms with Gasteiger partial charge in [0.2, 0.25) is 0 Å². The van der Waals surface area contributed by atoms with E-state index in [4.69, 9.17) is 5.73 Å². The fraction of sp³-hybridized carbons (Fsp3) is 1.00. The van der Waals surface area contributed by atoms with E-state index < -0.39 is 0 Å². The van der Waals surface area contributed by atoms with Gasteiger partial charge in [-0.25, -0.2) is 0 Å². The Morgan fingerprint density at radius 1 is 1.43 bits per heavy atom. The molecule has 3 nitrogen and oxygen atoms in total. The highest BCUT2D eigenvalue weighted by molar-refractivity contribution is 4.80. The van der Waals surface area contributed by atoms with Crippen molar-refractivity contribution in [3.05, 3.63) is 0 Å². The van der Waals surface area contributed by atoms with E-state index in [1.807, 2.05) is 0 Å². The maximum Gasteiger partial charge on any atom is 0.0586 e. The van der Waals surface area contributed by atoms with Crippen molar-refractivity contribution in [2.75, 3.05) is 19.7 Å². The first-order valence-electron chi connectivity index (χ1n) is 5.67. The quantitative estimate of drug-likeness (QED) is 0.710. The molecule has 0 bridgehead atoms. The van der Waals surface area contributed by atoms with E-state index in [1.165, 1.54) is 12.8 Å². The fourth-order valence-electron chi connectivity index (χ4n) is 1.99. The van der Waals surface area contributed by atoms with Gasteiger partial charge in [-0.15, -0.1) is 0 Å². The van der Waals surface area contributed by atoms with Gasteiger partial charge in [0.1, 0.15) is 0 Å².